The molecule has 0 aliphatic heterocycles. The van der Waals surface area contributed by atoms with E-state index < -0.39 is 0 Å². The Morgan fingerprint density at radius 2 is 1.12 bits per heavy atom. The third-order valence-corrected chi connectivity index (χ3v) is 5.71. The molecule has 0 N–H and O–H groups in total. The lowest BCUT2D eigenvalue weighted by atomic mass is 9.84. The summed E-state index contributed by atoms with van der Waals surface area (Å²) in [4.78, 5) is 0. The first kappa shape index (κ1) is 22.3. The van der Waals surface area contributed by atoms with Gasteiger partial charge >= 0.3 is 0 Å². The molecule has 1 aromatic rings. The van der Waals surface area contributed by atoms with E-state index in [-0.39, 0.29) is 0 Å². The van der Waals surface area contributed by atoms with Crippen molar-refractivity contribution in [3.05, 3.63) is 35.4 Å². The maximum Gasteiger partial charge on any atom is -0.0162 e. The Labute approximate surface area is 158 Å². The van der Waals surface area contributed by atoms with Crippen LogP contribution >= 0.6 is 0 Å². The third kappa shape index (κ3) is 9.47. The molecule has 0 saturated carbocycles. The Morgan fingerprint density at radius 3 is 1.60 bits per heavy atom. The monoisotopic (exact) mass is 344 g/mol. The Balaban J connectivity index is 2.16. The summed E-state index contributed by atoms with van der Waals surface area (Å²) >= 11 is 0. The van der Waals surface area contributed by atoms with Gasteiger partial charge in [0.15, 0.2) is 0 Å². The Kier molecular flexibility index (Phi) is 12.8. The zero-order valence-electron chi connectivity index (χ0n) is 17.7. The summed E-state index contributed by atoms with van der Waals surface area (Å²) in [6.45, 7) is 9.31. The number of benzene rings is 1. The van der Waals surface area contributed by atoms with Crippen LogP contribution in [0.2, 0.25) is 0 Å². The number of rotatable bonds is 15. The zero-order chi connectivity index (χ0) is 18.3. The normalized spacial score (nSPS) is 12.7. The lowest BCUT2D eigenvalue weighted by Crippen LogP contribution is -2.03. The van der Waals surface area contributed by atoms with Crippen LogP contribution in [-0.2, 0) is 0 Å². The molecule has 0 spiro atoms. The molecule has 0 bridgehead atoms. The van der Waals surface area contributed by atoms with Crippen molar-refractivity contribution in [2.45, 2.75) is 123 Å². The van der Waals surface area contributed by atoms with Gasteiger partial charge in [0.05, 0.1) is 0 Å². The average molecular weight is 345 g/mol. The molecule has 0 aliphatic rings. The summed E-state index contributed by atoms with van der Waals surface area (Å²) in [5.74, 6) is 1.40. The molecule has 0 aliphatic carbocycles. The van der Waals surface area contributed by atoms with Crippen molar-refractivity contribution in [1.29, 1.82) is 0 Å². The van der Waals surface area contributed by atoms with Crippen LogP contribution in [0.4, 0.5) is 0 Å². The summed E-state index contributed by atoms with van der Waals surface area (Å²) < 4.78 is 0. The highest BCUT2D eigenvalue weighted by Gasteiger charge is 2.14. The van der Waals surface area contributed by atoms with Crippen molar-refractivity contribution in [2.75, 3.05) is 0 Å². The van der Waals surface area contributed by atoms with E-state index in [0.29, 0.717) is 5.92 Å². The molecule has 25 heavy (non-hydrogen) atoms. The van der Waals surface area contributed by atoms with E-state index in [2.05, 4.69) is 52.0 Å². The fourth-order valence-corrected chi connectivity index (χ4v) is 4.04. The second-order valence-corrected chi connectivity index (χ2v) is 8.21. The van der Waals surface area contributed by atoms with Gasteiger partial charge in [-0.05, 0) is 35.8 Å². The third-order valence-electron chi connectivity index (χ3n) is 5.71. The van der Waals surface area contributed by atoms with E-state index in [1.54, 1.807) is 11.1 Å². The molecule has 144 valence electrons. The van der Waals surface area contributed by atoms with E-state index >= 15 is 0 Å². The first-order valence-corrected chi connectivity index (χ1v) is 11.3. The number of unbranched alkanes of at least 4 members (excludes halogenated alkanes) is 10. The zero-order valence-corrected chi connectivity index (χ0v) is 17.7. The molecule has 0 fully saturated rings. The van der Waals surface area contributed by atoms with Crippen LogP contribution in [0.15, 0.2) is 24.3 Å². The quantitative estimate of drug-likeness (QED) is 0.278. The largest absolute Gasteiger partial charge is 0.0654 e. The van der Waals surface area contributed by atoms with Crippen LogP contribution in [0.25, 0.3) is 0 Å². The molecule has 0 nitrogen and oxygen atoms in total. The molecular formula is C25H44. The summed E-state index contributed by atoms with van der Waals surface area (Å²) in [5, 5.41) is 0. The topological polar surface area (TPSA) is 0 Å². The van der Waals surface area contributed by atoms with Crippen LogP contribution in [0.5, 0.6) is 0 Å². The molecule has 1 unspecified atom stereocenters. The van der Waals surface area contributed by atoms with Gasteiger partial charge in [-0.2, -0.15) is 0 Å². The first-order chi connectivity index (χ1) is 12.2. The maximum atomic E-state index is 2.38. The van der Waals surface area contributed by atoms with Crippen LogP contribution < -0.4 is 0 Å². The van der Waals surface area contributed by atoms with Gasteiger partial charge in [0.2, 0.25) is 0 Å². The highest BCUT2D eigenvalue weighted by molar-refractivity contribution is 5.32. The second kappa shape index (κ2) is 14.4. The fourth-order valence-electron chi connectivity index (χ4n) is 4.04. The van der Waals surface area contributed by atoms with Crippen molar-refractivity contribution in [3.63, 3.8) is 0 Å². The van der Waals surface area contributed by atoms with E-state index in [9.17, 15) is 0 Å². The SMILES string of the molecule is CCCCCCCCCCCCCC(CC)c1ccccc1C(C)C. The minimum absolute atomic E-state index is 0.641. The summed E-state index contributed by atoms with van der Waals surface area (Å²) in [6.07, 6.45) is 18.5. The minimum Gasteiger partial charge on any atom is -0.0654 e. The lowest BCUT2D eigenvalue weighted by molar-refractivity contribution is 0.513. The highest BCUT2D eigenvalue weighted by Crippen LogP contribution is 2.32. The van der Waals surface area contributed by atoms with E-state index in [0.717, 1.165) is 5.92 Å². The van der Waals surface area contributed by atoms with Gasteiger partial charge in [0, 0.05) is 0 Å². The average Bonchev–Trinajstić information content (AvgIpc) is 2.63. The maximum absolute atomic E-state index is 2.38. The van der Waals surface area contributed by atoms with Crippen molar-refractivity contribution in [2.24, 2.45) is 0 Å². The highest BCUT2D eigenvalue weighted by atomic mass is 14.2. The molecule has 1 rings (SSSR count). The Bertz CT molecular complexity index is 418. The van der Waals surface area contributed by atoms with Crippen molar-refractivity contribution in [1.82, 2.24) is 0 Å². The molecule has 0 aromatic heterocycles. The van der Waals surface area contributed by atoms with Crippen molar-refractivity contribution < 1.29 is 0 Å². The van der Waals surface area contributed by atoms with Gasteiger partial charge in [0.1, 0.15) is 0 Å². The van der Waals surface area contributed by atoms with Crippen LogP contribution in [0, 0.1) is 0 Å². The van der Waals surface area contributed by atoms with Crippen LogP contribution in [-0.4, -0.2) is 0 Å². The van der Waals surface area contributed by atoms with Crippen molar-refractivity contribution >= 4 is 0 Å². The first-order valence-electron chi connectivity index (χ1n) is 11.3. The molecule has 0 heteroatoms. The molecule has 0 radical (unpaired) electrons. The molecule has 0 amide bonds. The van der Waals surface area contributed by atoms with E-state index in [4.69, 9.17) is 0 Å². The van der Waals surface area contributed by atoms with E-state index in [1.165, 1.54) is 83.5 Å². The second-order valence-electron chi connectivity index (χ2n) is 8.21. The molecule has 0 heterocycles. The number of hydrogen-bond donors (Lipinski definition) is 0. The van der Waals surface area contributed by atoms with Crippen molar-refractivity contribution in [3.8, 4) is 0 Å². The Hall–Kier alpha value is -0.780. The van der Waals surface area contributed by atoms with Gasteiger partial charge in [-0.1, -0.05) is 123 Å². The molecular weight excluding hydrogens is 300 g/mol. The van der Waals surface area contributed by atoms with Gasteiger partial charge in [0.25, 0.3) is 0 Å². The predicted molar refractivity (Wildman–Crippen MR) is 115 cm³/mol. The van der Waals surface area contributed by atoms with Crippen LogP contribution in [0.3, 0.4) is 0 Å². The summed E-state index contributed by atoms with van der Waals surface area (Å²) in [5.41, 5.74) is 3.18. The fraction of sp³-hybridized carbons (Fsp3) is 0.760. The summed E-state index contributed by atoms with van der Waals surface area (Å²) in [6, 6.07) is 9.14. The lowest BCUT2D eigenvalue weighted by Gasteiger charge is -2.21. The standard InChI is InChI=1S/C25H44/c1-5-7-8-9-10-11-12-13-14-15-16-19-23(6-2)25-21-18-17-20-24(25)22(3)4/h17-18,20-23H,5-16,19H2,1-4H3. The summed E-state index contributed by atoms with van der Waals surface area (Å²) in [7, 11) is 0. The number of hydrogen-bond acceptors (Lipinski definition) is 0. The van der Waals surface area contributed by atoms with E-state index in [1.807, 2.05) is 0 Å². The van der Waals surface area contributed by atoms with Gasteiger partial charge in [-0.3, -0.25) is 0 Å². The molecule has 1 aromatic carbocycles. The Morgan fingerprint density at radius 1 is 0.640 bits per heavy atom. The smallest absolute Gasteiger partial charge is 0.0162 e. The minimum atomic E-state index is 0.641. The van der Waals surface area contributed by atoms with Gasteiger partial charge in [-0.15, -0.1) is 0 Å². The van der Waals surface area contributed by atoms with Crippen LogP contribution in [0.1, 0.15) is 134 Å². The molecule has 0 saturated heterocycles. The molecule has 1 atom stereocenters. The van der Waals surface area contributed by atoms with Gasteiger partial charge < -0.3 is 0 Å². The van der Waals surface area contributed by atoms with Gasteiger partial charge in [-0.25, -0.2) is 0 Å². The predicted octanol–water partition coefficient (Wildman–Crippen LogP) is 9.00.